The van der Waals surface area contributed by atoms with E-state index in [0.717, 1.165) is 0 Å². The molecule has 0 unspecified atom stereocenters. The maximum atomic E-state index is 10.9. The lowest BCUT2D eigenvalue weighted by atomic mass is 10.1. The van der Waals surface area contributed by atoms with E-state index in [4.69, 9.17) is 0 Å². The third-order valence-corrected chi connectivity index (χ3v) is 4.52. The smallest absolute Gasteiger partial charge is 0.271 e. The van der Waals surface area contributed by atoms with Crippen molar-refractivity contribution in [2.24, 2.45) is 0 Å². The molecule has 0 bridgehead atoms. The van der Waals surface area contributed by atoms with Crippen LogP contribution in [0.3, 0.4) is 0 Å². The number of anilines is 1. The summed E-state index contributed by atoms with van der Waals surface area (Å²) in [6, 6.07) is 14.0. The van der Waals surface area contributed by atoms with Gasteiger partial charge in [0.15, 0.2) is 0 Å². The summed E-state index contributed by atoms with van der Waals surface area (Å²) in [5.41, 5.74) is 1.65. The van der Waals surface area contributed by atoms with Gasteiger partial charge in [-0.3, -0.25) is 20.2 Å². The van der Waals surface area contributed by atoms with Crippen molar-refractivity contribution >= 4 is 34.0 Å². The predicted molar refractivity (Wildman–Crippen MR) is 105 cm³/mol. The maximum absolute atomic E-state index is 10.9. The molecule has 0 saturated carbocycles. The van der Waals surface area contributed by atoms with Crippen LogP contribution in [0.2, 0.25) is 0 Å². The van der Waals surface area contributed by atoms with Crippen molar-refractivity contribution in [2.75, 3.05) is 5.32 Å². The molecule has 10 heteroatoms. The van der Waals surface area contributed by atoms with Gasteiger partial charge in [0.1, 0.15) is 16.6 Å². The Labute approximate surface area is 162 Å². The van der Waals surface area contributed by atoms with Gasteiger partial charge in [0.2, 0.25) is 0 Å². The highest BCUT2D eigenvalue weighted by Gasteiger charge is 2.12. The van der Waals surface area contributed by atoms with Gasteiger partial charge in [-0.1, -0.05) is 18.2 Å². The molecule has 1 aromatic heterocycles. The van der Waals surface area contributed by atoms with E-state index >= 15 is 0 Å². The monoisotopic (exact) mass is 393 g/mol. The Bertz CT molecular complexity index is 1130. The highest BCUT2D eigenvalue weighted by molar-refractivity contribution is 7.11. The molecule has 0 aliphatic heterocycles. The van der Waals surface area contributed by atoms with Crippen molar-refractivity contribution in [1.82, 2.24) is 4.98 Å². The van der Waals surface area contributed by atoms with E-state index in [9.17, 15) is 25.5 Å². The number of nitro groups is 2. The first-order chi connectivity index (χ1) is 13.5. The number of allylic oxidation sites excluding steroid dienone is 1. The standard InChI is InChI=1S/C18H11N5O4S/c19-9-13(10-20-14-4-2-6-16(8-14)23(26)27)18-21-17(11-28-18)12-3-1-5-15(7-12)22(24)25/h1-8,10-11,20H. The molecule has 1 N–H and O–H groups in total. The topological polar surface area (TPSA) is 135 Å². The molecule has 0 aliphatic carbocycles. The normalized spacial score (nSPS) is 10.9. The van der Waals surface area contributed by atoms with Gasteiger partial charge in [0.05, 0.1) is 15.5 Å². The fraction of sp³-hybridized carbons (Fsp3) is 0. The van der Waals surface area contributed by atoms with Crippen LogP contribution in [0, 0.1) is 31.6 Å². The van der Waals surface area contributed by atoms with Crippen LogP contribution >= 0.6 is 11.3 Å². The largest absolute Gasteiger partial charge is 0.360 e. The second kappa shape index (κ2) is 8.07. The minimum absolute atomic E-state index is 0.0459. The highest BCUT2D eigenvalue weighted by Crippen LogP contribution is 2.28. The fourth-order valence-electron chi connectivity index (χ4n) is 2.32. The van der Waals surface area contributed by atoms with Gasteiger partial charge >= 0.3 is 0 Å². The van der Waals surface area contributed by atoms with Crippen molar-refractivity contribution in [3.63, 3.8) is 0 Å². The Morgan fingerprint density at radius 3 is 2.46 bits per heavy atom. The van der Waals surface area contributed by atoms with Crippen LogP contribution < -0.4 is 5.32 Å². The summed E-state index contributed by atoms with van der Waals surface area (Å²) in [4.78, 5) is 25.1. The van der Waals surface area contributed by atoms with Crippen LogP contribution in [-0.4, -0.2) is 14.8 Å². The lowest BCUT2D eigenvalue weighted by Gasteiger charge is -2.01. The molecule has 0 spiro atoms. The van der Waals surface area contributed by atoms with Crippen LogP contribution in [0.1, 0.15) is 5.01 Å². The van der Waals surface area contributed by atoms with Crippen LogP contribution in [0.5, 0.6) is 0 Å². The van der Waals surface area contributed by atoms with Gasteiger partial charge in [0.25, 0.3) is 11.4 Å². The zero-order valence-electron chi connectivity index (χ0n) is 14.1. The van der Waals surface area contributed by atoms with Crippen molar-refractivity contribution in [1.29, 1.82) is 5.26 Å². The Balaban J connectivity index is 1.84. The number of nitrogens with zero attached hydrogens (tertiary/aromatic N) is 4. The molecule has 3 aromatic rings. The van der Waals surface area contributed by atoms with Crippen LogP contribution in [0.4, 0.5) is 17.1 Å². The van der Waals surface area contributed by atoms with Crippen molar-refractivity contribution in [3.8, 4) is 17.3 Å². The molecular formula is C18H11N5O4S. The summed E-state index contributed by atoms with van der Waals surface area (Å²) >= 11 is 1.21. The molecule has 0 amide bonds. The minimum Gasteiger partial charge on any atom is -0.360 e. The van der Waals surface area contributed by atoms with Crippen molar-refractivity contribution in [3.05, 3.63) is 85.3 Å². The molecule has 0 radical (unpaired) electrons. The molecular weight excluding hydrogens is 382 g/mol. The molecule has 1 heterocycles. The molecule has 3 rings (SSSR count). The molecule has 2 aromatic carbocycles. The van der Waals surface area contributed by atoms with Gasteiger partial charge in [-0.05, 0) is 6.07 Å². The first-order valence-corrected chi connectivity index (χ1v) is 8.68. The van der Waals surface area contributed by atoms with E-state index in [-0.39, 0.29) is 16.9 Å². The average Bonchev–Trinajstić information content (AvgIpc) is 3.19. The third-order valence-electron chi connectivity index (χ3n) is 3.65. The maximum Gasteiger partial charge on any atom is 0.271 e. The van der Waals surface area contributed by atoms with Gasteiger partial charge in [-0.2, -0.15) is 5.26 Å². The second-order valence-electron chi connectivity index (χ2n) is 5.47. The first kappa shape index (κ1) is 18.7. The zero-order chi connectivity index (χ0) is 20.1. The number of hydrogen-bond donors (Lipinski definition) is 1. The Kier molecular flexibility index (Phi) is 5.38. The summed E-state index contributed by atoms with van der Waals surface area (Å²) in [5, 5.41) is 36.1. The molecule has 0 atom stereocenters. The van der Waals surface area contributed by atoms with Crippen molar-refractivity contribution < 1.29 is 9.85 Å². The van der Waals surface area contributed by atoms with Gasteiger partial charge in [-0.15, -0.1) is 11.3 Å². The Morgan fingerprint density at radius 2 is 1.79 bits per heavy atom. The van der Waals surface area contributed by atoms with E-state index in [1.54, 1.807) is 23.6 Å². The second-order valence-corrected chi connectivity index (χ2v) is 6.33. The number of rotatable bonds is 6. The molecule has 9 nitrogen and oxygen atoms in total. The lowest BCUT2D eigenvalue weighted by Crippen LogP contribution is -1.93. The van der Waals surface area contributed by atoms with E-state index in [0.29, 0.717) is 22.0 Å². The summed E-state index contributed by atoms with van der Waals surface area (Å²) in [6.07, 6.45) is 1.41. The van der Waals surface area contributed by atoms with Crippen LogP contribution in [0.15, 0.2) is 60.1 Å². The molecule has 0 aliphatic rings. The average molecular weight is 393 g/mol. The van der Waals surface area contributed by atoms with Gasteiger partial charge in [0, 0.05) is 47.1 Å². The van der Waals surface area contributed by atoms with E-state index in [2.05, 4.69) is 10.3 Å². The number of nitriles is 1. The van der Waals surface area contributed by atoms with E-state index < -0.39 is 9.85 Å². The Morgan fingerprint density at radius 1 is 1.11 bits per heavy atom. The van der Waals surface area contributed by atoms with Crippen LogP contribution in [0.25, 0.3) is 16.8 Å². The molecule has 0 fully saturated rings. The summed E-state index contributed by atoms with van der Waals surface area (Å²) in [7, 11) is 0. The summed E-state index contributed by atoms with van der Waals surface area (Å²) in [6.45, 7) is 0. The SMILES string of the molecule is N#CC(=CNc1cccc([N+](=O)[O-])c1)c1nc(-c2cccc([N+](=O)[O-])c2)cs1. The van der Waals surface area contributed by atoms with E-state index in [1.807, 2.05) is 6.07 Å². The summed E-state index contributed by atoms with van der Waals surface area (Å²) < 4.78 is 0. The highest BCUT2D eigenvalue weighted by atomic mass is 32.1. The third kappa shape index (κ3) is 4.17. The zero-order valence-corrected chi connectivity index (χ0v) is 14.9. The van der Waals surface area contributed by atoms with Gasteiger partial charge in [-0.25, -0.2) is 4.98 Å². The van der Waals surface area contributed by atoms with E-state index in [1.165, 1.54) is 47.9 Å². The molecule has 28 heavy (non-hydrogen) atoms. The number of non-ortho nitro benzene ring substituents is 2. The predicted octanol–water partition coefficient (Wildman–Crippen LogP) is 4.60. The number of nitrogens with one attached hydrogen (secondary N) is 1. The fourth-order valence-corrected chi connectivity index (χ4v) is 3.11. The number of benzene rings is 2. The molecule has 138 valence electrons. The van der Waals surface area contributed by atoms with Crippen molar-refractivity contribution in [2.45, 2.75) is 0 Å². The quantitative estimate of drug-likeness (QED) is 0.367. The van der Waals surface area contributed by atoms with Gasteiger partial charge < -0.3 is 5.32 Å². The summed E-state index contributed by atoms with van der Waals surface area (Å²) in [5.74, 6) is 0. The van der Waals surface area contributed by atoms with Crippen LogP contribution in [-0.2, 0) is 0 Å². The number of thiazole rings is 1. The minimum atomic E-state index is -0.508. The molecule has 0 saturated heterocycles. The first-order valence-electron chi connectivity index (χ1n) is 7.80. The Hall–Kier alpha value is -4.10. The number of hydrogen-bond acceptors (Lipinski definition) is 8. The lowest BCUT2D eigenvalue weighted by molar-refractivity contribution is -0.385. The number of nitro benzene ring substituents is 2. The number of aromatic nitrogens is 1.